The quantitative estimate of drug-likeness (QED) is 0.855. The molecule has 0 spiro atoms. The van der Waals surface area contributed by atoms with Gasteiger partial charge in [0.15, 0.2) is 0 Å². The Balaban J connectivity index is 1.82. The maximum atomic E-state index is 4.12. The van der Waals surface area contributed by atoms with Gasteiger partial charge in [-0.25, -0.2) is 0 Å². The molecule has 2 aliphatic rings. The van der Waals surface area contributed by atoms with Gasteiger partial charge in [0.05, 0.1) is 10.2 Å². The van der Waals surface area contributed by atoms with E-state index < -0.39 is 0 Å². The largest absolute Gasteiger partial charge is 0.369 e. The SMILES string of the molecule is Brc1cnccc1N1CCC2CCC(C1)N2. The Labute approximate surface area is 104 Å². The first-order chi connectivity index (χ1) is 7.83. The molecule has 0 aliphatic carbocycles. The predicted octanol–water partition coefficient (Wildman–Crippen LogP) is 2.17. The molecular formula is C12H16BrN3. The van der Waals surface area contributed by atoms with Gasteiger partial charge in [-0.1, -0.05) is 0 Å². The summed E-state index contributed by atoms with van der Waals surface area (Å²) in [6, 6.07) is 3.52. The second-order valence-electron chi connectivity index (χ2n) is 4.70. The molecule has 3 rings (SSSR count). The standard InChI is InChI=1S/C12H16BrN3/c13-11-7-14-5-3-12(11)16-6-4-9-1-2-10(8-16)15-9/h3,5,7,9-10,15H,1-2,4,6,8H2. The highest BCUT2D eigenvalue weighted by molar-refractivity contribution is 9.10. The summed E-state index contributed by atoms with van der Waals surface area (Å²) < 4.78 is 1.10. The van der Waals surface area contributed by atoms with Gasteiger partial charge in [0.1, 0.15) is 0 Å². The summed E-state index contributed by atoms with van der Waals surface area (Å²) in [4.78, 5) is 6.60. The molecule has 16 heavy (non-hydrogen) atoms. The van der Waals surface area contributed by atoms with E-state index in [9.17, 15) is 0 Å². The monoisotopic (exact) mass is 281 g/mol. The van der Waals surface area contributed by atoms with Gasteiger partial charge in [0, 0.05) is 37.6 Å². The number of anilines is 1. The second kappa shape index (κ2) is 4.34. The molecule has 86 valence electrons. The molecule has 3 heterocycles. The maximum absolute atomic E-state index is 4.12. The molecule has 2 unspecified atom stereocenters. The van der Waals surface area contributed by atoms with Gasteiger partial charge >= 0.3 is 0 Å². The van der Waals surface area contributed by atoms with Crippen LogP contribution < -0.4 is 10.2 Å². The van der Waals surface area contributed by atoms with Crippen molar-refractivity contribution in [1.29, 1.82) is 0 Å². The third kappa shape index (κ3) is 1.96. The topological polar surface area (TPSA) is 28.2 Å². The first-order valence-corrected chi connectivity index (χ1v) is 6.73. The highest BCUT2D eigenvalue weighted by Gasteiger charge is 2.29. The Bertz CT molecular complexity index is 382. The van der Waals surface area contributed by atoms with Crippen molar-refractivity contribution < 1.29 is 0 Å². The molecule has 0 radical (unpaired) electrons. The molecule has 4 heteroatoms. The van der Waals surface area contributed by atoms with Crippen LogP contribution in [0.25, 0.3) is 0 Å². The number of nitrogens with zero attached hydrogens (tertiary/aromatic N) is 2. The van der Waals surface area contributed by atoms with E-state index in [0.717, 1.165) is 23.6 Å². The zero-order chi connectivity index (χ0) is 11.0. The van der Waals surface area contributed by atoms with Crippen LogP contribution in [-0.4, -0.2) is 30.2 Å². The highest BCUT2D eigenvalue weighted by Crippen LogP contribution is 2.29. The van der Waals surface area contributed by atoms with Crippen molar-refractivity contribution in [3.05, 3.63) is 22.9 Å². The molecule has 2 saturated heterocycles. The third-order valence-electron chi connectivity index (χ3n) is 3.61. The van der Waals surface area contributed by atoms with E-state index in [1.165, 1.54) is 24.9 Å². The molecule has 0 amide bonds. The number of aromatic nitrogens is 1. The van der Waals surface area contributed by atoms with Crippen molar-refractivity contribution >= 4 is 21.6 Å². The number of hydrogen-bond donors (Lipinski definition) is 1. The zero-order valence-corrected chi connectivity index (χ0v) is 10.8. The summed E-state index contributed by atoms with van der Waals surface area (Å²) in [5.74, 6) is 0. The van der Waals surface area contributed by atoms with Crippen LogP contribution >= 0.6 is 15.9 Å². The van der Waals surface area contributed by atoms with Crippen molar-refractivity contribution in [2.45, 2.75) is 31.3 Å². The lowest BCUT2D eigenvalue weighted by Gasteiger charge is -2.27. The van der Waals surface area contributed by atoms with Crippen LogP contribution in [0.5, 0.6) is 0 Å². The summed E-state index contributed by atoms with van der Waals surface area (Å²) >= 11 is 3.59. The van der Waals surface area contributed by atoms with Crippen molar-refractivity contribution in [3.63, 3.8) is 0 Å². The van der Waals surface area contributed by atoms with Gasteiger partial charge in [-0.05, 0) is 41.3 Å². The maximum Gasteiger partial charge on any atom is 0.0592 e. The average Bonchev–Trinajstić information content (AvgIpc) is 2.60. The van der Waals surface area contributed by atoms with Crippen LogP contribution in [0.15, 0.2) is 22.9 Å². The lowest BCUT2D eigenvalue weighted by Crippen LogP contribution is -2.35. The van der Waals surface area contributed by atoms with Gasteiger partial charge in [0.2, 0.25) is 0 Å². The molecular weight excluding hydrogens is 266 g/mol. The summed E-state index contributed by atoms with van der Waals surface area (Å²) in [5, 5.41) is 3.70. The molecule has 1 aromatic rings. The van der Waals surface area contributed by atoms with Crippen LogP contribution in [-0.2, 0) is 0 Å². The van der Waals surface area contributed by atoms with Gasteiger partial charge in [-0.15, -0.1) is 0 Å². The Morgan fingerprint density at radius 2 is 2.19 bits per heavy atom. The second-order valence-corrected chi connectivity index (χ2v) is 5.55. The van der Waals surface area contributed by atoms with Crippen molar-refractivity contribution in [2.24, 2.45) is 0 Å². The number of nitrogens with one attached hydrogen (secondary N) is 1. The summed E-state index contributed by atoms with van der Waals surface area (Å²) in [6.45, 7) is 2.27. The number of rotatable bonds is 1. The minimum atomic E-state index is 0.674. The molecule has 2 fully saturated rings. The number of pyridine rings is 1. The van der Waals surface area contributed by atoms with E-state index in [-0.39, 0.29) is 0 Å². The van der Waals surface area contributed by atoms with Crippen molar-refractivity contribution in [3.8, 4) is 0 Å². The fourth-order valence-corrected chi connectivity index (χ4v) is 3.29. The van der Waals surface area contributed by atoms with Gasteiger partial charge < -0.3 is 10.2 Å². The highest BCUT2D eigenvalue weighted by atomic mass is 79.9. The fraction of sp³-hybridized carbons (Fsp3) is 0.583. The number of fused-ring (bicyclic) bond motifs is 2. The smallest absolute Gasteiger partial charge is 0.0592 e. The van der Waals surface area contributed by atoms with Crippen LogP contribution in [0.1, 0.15) is 19.3 Å². The lowest BCUT2D eigenvalue weighted by atomic mass is 10.1. The lowest BCUT2D eigenvalue weighted by molar-refractivity contribution is 0.563. The normalized spacial score (nSPS) is 29.2. The Kier molecular flexibility index (Phi) is 2.86. The number of hydrogen-bond acceptors (Lipinski definition) is 3. The molecule has 2 aliphatic heterocycles. The molecule has 1 N–H and O–H groups in total. The third-order valence-corrected chi connectivity index (χ3v) is 4.23. The van der Waals surface area contributed by atoms with E-state index in [2.05, 4.69) is 37.2 Å². The fourth-order valence-electron chi connectivity index (χ4n) is 2.79. The summed E-state index contributed by atoms with van der Waals surface area (Å²) in [6.07, 6.45) is 7.69. The molecule has 2 bridgehead atoms. The Morgan fingerprint density at radius 1 is 1.31 bits per heavy atom. The average molecular weight is 282 g/mol. The molecule has 1 aromatic heterocycles. The summed E-state index contributed by atoms with van der Waals surface area (Å²) in [5.41, 5.74) is 1.28. The Hall–Kier alpha value is -0.610. The van der Waals surface area contributed by atoms with Crippen LogP contribution in [0.4, 0.5) is 5.69 Å². The molecule has 2 atom stereocenters. The molecule has 0 aromatic carbocycles. The minimum absolute atomic E-state index is 0.674. The van der Waals surface area contributed by atoms with Crippen LogP contribution in [0, 0.1) is 0 Å². The van der Waals surface area contributed by atoms with E-state index in [4.69, 9.17) is 0 Å². The van der Waals surface area contributed by atoms with E-state index in [0.29, 0.717) is 6.04 Å². The van der Waals surface area contributed by atoms with Gasteiger partial charge in [-0.3, -0.25) is 4.98 Å². The van der Waals surface area contributed by atoms with Crippen molar-refractivity contribution in [1.82, 2.24) is 10.3 Å². The Morgan fingerprint density at radius 3 is 3.06 bits per heavy atom. The number of halogens is 1. The zero-order valence-electron chi connectivity index (χ0n) is 9.19. The van der Waals surface area contributed by atoms with Gasteiger partial charge in [0.25, 0.3) is 0 Å². The van der Waals surface area contributed by atoms with E-state index in [1.54, 1.807) is 0 Å². The minimum Gasteiger partial charge on any atom is -0.369 e. The van der Waals surface area contributed by atoms with Crippen LogP contribution in [0.3, 0.4) is 0 Å². The predicted molar refractivity (Wildman–Crippen MR) is 68.7 cm³/mol. The molecule has 3 nitrogen and oxygen atoms in total. The van der Waals surface area contributed by atoms with Crippen molar-refractivity contribution in [2.75, 3.05) is 18.0 Å². The summed E-state index contributed by atoms with van der Waals surface area (Å²) in [7, 11) is 0. The van der Waals surface area contributed by atoms with E-state index in [1.807, 2.05) is 12.4 Å². The first-order valence-electron chi connectivity index (χ1n) is 5.93. The molecule has 0 saturated carbocycles. The van der Waals surface area contributed by atoms with Gasteiger partial charge in [-0.2, -0.15) is 0 Å². The first kappa shape index (κ1) is 10.5. The van der Waals surface area contributed by atoms with E-state index >= 15 is 0 Å². The van der Waals surface area contributed by atoms with Crippen LogP contribution in [0.2, 0.25) is 0 Å².